The van der Waals surface area contributed by atoms with Crippen LogP contribution in [0.4, 0.5) is 0 Å². The van der Waals surface area contributed by atoms with Crippen molar-refractivity contribution in [2.24, 2.45) is 22.9 Å². The zero-order valence-corrected chi connectivity index (χ0v) is 10.4. The molecule has 0 rings (SSSR count). The Hall–Kier alpha value is -0.500. The van der Waals surface area contributed by atoms with Gasteiger partial charge >= 0.3 is 0 Å². The summed E-state index contributed by atoms with van der Waals surface area (Å²) in [6.45, 7) is 2.70. The van der Waals surface area contributed by atoms with E-state index in [0.717, 1.165) is 25.7 Å². The van der Waals surface area contributed by atoms with Crippen molar-refractivity contribution in [3.05, 3.63) is 11.1 Å². The maximum atomic E-state index is 5.55. The van der Waals surface area contributed by atoms with Crippen LogP contribution in [0.2, 0.25) is 0 Å². The van der Waals surface area contributed by atoms with Crippen molar-refractivity contribution in [3.8, 4) is 0 Å². The lowest BCUT2D eigenvalue weighted by Gasteiger charge is -2.13. The molecular formula is C10H30N6. The summed E-state index contributed by atoms with van der Waals surface area (Å²) in [7, 11) is 0. The Morgan fingerprint density at radius 1 is 0.500 bits per heavy atom. The zero-order valence-electron chi connectivity index (χ0n) is 10.4. The normalized spacial score (nSPS) is 9.00. The number of hydrogen-bond donors (Lipinski definition) is 6. The predicted molar refractivity (Wildman–Crippen MR) is 71.8 cm³/mol. The van der Waals surface area contributed by atoms with E-state index in [9.17, 15) is 0 Å². The van der Waals surface area contributed by atoms with Gasteiger partial charge < -0.3 is 35.2 Å². The smallest absolute Gasteiger partial charge is 0.00398 e. The van der Waals surface area contributed by atoms with Gasteiger partial charge in [0.05, 0.1) is 0 Å². The van der Waals surface area contributed by atoms with E-state index in [4.69, 9.17) is 22.9 Å². The van der Waals surface area contributed by atoms with Crippen molar-refractivity contribution >= 4 is 0 Å². The minimum atomic E-state index is 0. The molecule has 6 heteroatoms. The fraction of sp³-hybridized carbons (Fsp3) is 0.800. The van der Waals surface area contributed by atoms with Gasteiger partial charge in [0.2, 0.25) is 0 Å². The second-order valence-corrected chi connectivity index (χ2v) is 3.36. The van der Waals surface area contributed by atoms with E-state index in [2.05, 4.69) is 0 Å². The molecule has 16 heavy (non-hydrogen) atoms. The van der Waals surface area contributed by atoms with Gasteiger partial charge in [0.1, 0.15) is 0 Å². The zero-order chi connectivity index (χ0) is 10.8. The summed E-state index contributed by atoms with van der Waals surface area (Å²) in [5, 5.41) is 0. The molecule has 0 aliphatic carbocycles. The fourth-order valence-corrected chi connectivity index (χ4v) is 1.65. The first-order chi connectivity index (χ1) is 6.79. The Morgan fingerprint density at radius 3 is 0.812 bits per heavy atom. The highest BCUT2D eigenvalue weighted by Gasteiger charge is 2.04. The molecule has 0 atom stereocenters. The highest BCUT2D eigenvalue weighted by atomic mass is 14.6. The monoisotopic (exact) mass is 234 g/mol. The van der Waals surface area contributed by atoms with E-state index in [0.29, 0.717) is 26.2 Å². The van der Waals surface area contributed by atoms with Gasteiger partial charge in [-0.3, -0.25) is 0 Å². The van der Waals surface area contributed by atoms with E-state index < -0.39 is 0 Å². The molecule has 0 aromatic heterocycles. The molecular weight excluding hydrogens is 204 g/mol. The molecule has 6 nitrogen and oxygen atoms in total. The minimum Gasteiger partial charge on any atom is -0.344 e. The van der Waals surface area contributed by atoms with Crippen molar-refractivity contribution in [2.45, 2.75) is 25.7 Å². The van der Waals surface area contributed by atoms with Crippen LogP contribution < -0.4 is 35.2 Å². The number of nitrogens with two attached hydrogens (primary N) is 4. The van der Waals surface area contributed by atoms with Gasteiger partial charge in [0.25, 0.3) is 0 Å². The SMILES string of the molecule is N.N.NCCC(CCN)=C(CCN)CCN. The Balaban J connectivity index is -0.000000845. The first-order valence-corrected chi connectivity index (χ1v) is 5.30. The standard InChI is InChI=1S/C10H24N4.2H3N/c11-5-1-9(2-6-12)10(3-7-13)4-8-14;;/h1-8,11-14H2;2*1H3. The molecule has 14 N–H and O–H groups in total. The molecule has 0 aromatic carbocycles. The molecule has 0 fully saturated rings. The highest BCUT2D eigenvalue weighted by molar-refractivity contribution is 5.15. The lowest BCUT2D eigenvalue weighted by Crippen LogP contribution is -2.12. The number of hydrogen-bond acceptors (Lipinski definition) is 6. The van der Waals surface area contributed by atoms with Crippen LogP contribution in [0.1, 0.15) is 25.7 Å². The average Bonchev–Trinajstić information content (AvgIpc) is 2.17. The summed E-state index contributed by atoms with van der Waals surface area (Å²) in [5.74, 6) is 0. The van der Waals surface area contributed by atoms with Crippen LogP contribution in [0.5, 0.6) is 0 Å². The third-order valence-electron chi connectivity index (χ3n) is 2.28. The van der Waals surface area contributed by atoms with Crippen molar-refractivity contribution in [1.82, 2.24) is 12.3 Å². The largest absolute Gasteiger partial charge is 0.344 e. The molecule has 0 unspecified atom stereocenters. The molecule has 0 radical (unpaired) electrons. The maximum Gasteiger partial charge on any atom is -0.00398 e. The second kappa shape index (κ2) is 14.5. The predicted octanol–water partition coefficient (Wildman–Crippen LogP) is 0.00220. The summed E-state index contributed by atoms with van der Waals surface area (Å²) >= 11 is 0. The quantitative estimate of drug-likeness (QED) is 0.322. The summed E-state index contributed by atoms with van der Waals surface area (Å²) in [6, 6.07) is 0. The Bertz CT molecular complexity index is 135. The third-order valence-corrected chi connectivity index (χ3v) is 2.28. The molecule has 0 aromatic rings. The second-order valence-electron chi connectivity index (χ2n) is 3.36. The van der Waals surface area contributed by atoms with E-state index in [1.54, 1.807) is 0 Å². The summed E-state index contributed by atoms with van der Waals surface area (Å²) < 4.78 is 0. The van der Waals surface area contributed by atoms with Crippen molar-refractivity contribution < 1.29 is 0 Å². The van der Waals surface area contributed by atoms with Gasteiger partial charge in [-0.05, 0) is 51.9 Å². The summed E-state index contributed by atoms with van der Waals surface area (Å²) in [5.41, 5.74) is 24.9. The lowest BCUT2D eigenvalue weighted by atomic mass is 9.96. The summed E-state index contributed by atoms with van der Waals surface area (Å²) in [6.07, 6.45) is 3.69. The molecule has 100 valence electrons. The van der Waals surface area contributed by atoms with E-state index in [1.807, 2.05) is 0 Å². The van der Waals surface area contributed by atoms with Gasteiger partial charge in [-0.15, -0.1) is 0 Å². The van der Waals surface area contributed by atoms with Gasteiger partial charge in [-0.25, -0.2) is 0 Å². The van der Waals surface area contributed by atoms with Gasteiger partial charge in [0.15, 0.2) is 0 Å². The van der Waals surface area contributed by atoms with Gasteiger partial charge in [-0.2, -0.15) is 0 Å². The Morgan fingerprint density at radius 2 is 0.688 bits per heavy atom. The first-order valence-electron chi connectivity index (χ1n) is 5.30. The maximum absolute atomic E-state index is 5.55. The molecule has 0 saturated carbocycles. The van der Waals surface area contributed by atoms with Gasteiger partial charge in [-0.1, -0.05) is 11.1 Å². The van der Waals surface area contributed by atoms with Crippen LogP contribution in [0, 0.1) is 0 Å². The molecule has 0 spiro atoms. The lowest BCUT2D eigenvalue weighted by molar-refractivity contribution is 0.766. The molecule has 0 aliphatic rings. The van der Waals surface area contributed by atoms with Crippen LogP contribution in [-0.4, -0.2) is 26.2 Å². The van der Waals surface area contributed by atoms with Crippen LogP contribution in [0.25, 0.3) is 0 Å². The molecule has 0 amide bonds. The van der Waals surface area contributed by atoms with E-state index >= 15 is 0 Å². The number of rotatable bonds is 8. The highest BCUT2D eigenvalue weighted by Crippen LogP contribution is 2.17. The van der Waals surface area contributed by atoms with Gasteiger partial charge in [0, 0.05) is 0 Å². The van der Waals surface area contributed by atoms with Crippen LogP contribution in [0.3, 0.4) is 0 Å². The van der Waals surface area contributed by atoms with Crippen molar-refractivity contribution in [1.29, 1.82) is 0 Å². The van der Waals surface area contributed by atoms with E-state index in [-0.39, 0.29) is 12.3 Å². The summed E-state index contributed by atoms with van der Waals surface area (Å²) in [4.78, 5) is 0. The molecule has 0 saturated heterocycles. The van der Waals surface area contributed by atoms with Crippen LogP contribution in [-0.2, 0) is 0 Å². The molecule has 0 heterocycles. The topological polar surface area (TPSA) is 174 Å². The Kier molecular flexibility index (Phi) is 18.9. The van der Waals surface area contributed by atoms with Crippen LogP contribution >= 0.6 is 0 Å². The third kappa shape index (κ3) is 8.78. The van der Waals surface area contributed by atoms with Crippen molar-refractivity contribution in [3.63, 3.8) is 0 Å². The Labute approximate surface area is 99.0 Å². The van der Waals surface area contributed by atoms with Crippen LogP contribution in [0.15, 0.2) is 11.1 Å². The fourth-order valence-electron chi connectivity index (χ4n) is 1.65. The van der Waals surface area contributed by atoms with E-state index in [1.165, 1.54) is 11.1 Å². The first kappa shape index (κ1) is 20.9. The minimum absolute atomic E-state index is 0. The van der Waals surface area contributed by atoms with Crippen molar-refractivity contribution in [2.75, 3.05) is 26.2 Å². The molecule has 0 aliphatic heterocycles. The average molecular weight is 234 g/mol. The molecule has 0 bridgehead atoms.